The van der Waals surface area contributed by atoms with Crippen molar-refractivity contribution >= 4 is 27.3 Å². The Morgan fingerprint density at radius 1 is 1.37 bits per heavy atom. The van der Waals surface area contributed by atoms with Crippen LogP contribution in [0.1, 0.15) is 29.0 Å². The van der Waals surface area contributed by atoms with Crippen molar-refractivity contribution in [2.75, 3.05) is 0 Å². The predicted molar refractivity (Wildman–Crippen MR) is 84.6 cm³/mol. The summed E-state index contributed by atoms with van der Waals surface area (Å²) < 4.78 is 1.13. The van der Waals surface area contributed by atoms with Crippen LogP contribution in [-0.4, -0.2) is 11.0 Å². The summed E-state index contributed by atoms with van der Waals surface area (Å²) in [6.07, 6.45) is 2.66. The smallest absolute Gasteiger partial charge is 0.125 e. The summed E-state index contributed by atoms with van der Waals surface area (Å²) in [5, 5.41) is 4.67. The van der Waals surface area contributed by atoms with E-state index in [-0.39, 0.29) is 0 Å². The first-order valence-corrected chi connectivity index (χ1v) is 8.20. The fourth-order valence-electron chi connectivity index (χ4n) is 2.03. The number of aromatic nitrogens is 1. The topological polar surface area (TPSA) is 24.9 Å². The highest BCUT2D eigenvalue weighted by atomic mass is 79.9. The molecule has 0 bridgehead atoms. The largest absolute Gasteiger partial charge is 0.309 e. The van der Waals surface area contributed by atoms with Gasteiger partial charge in [0.05, 0.1) is 5.69 Å². The second-order valence-electron chi connectivity index (χ2n) is 5.17. The van der Waals surface area contributed by atoms with Crippen molar-refractivity contribution in [1.82, 2.24) is 10.3 Å². The number of rotatable bonds is 4. The van der Waals surface area contributed by atoms with Gasteiger partial charge in [0.25, 0.3) is 0 Å². The fourth-order valence-corrected chi connectivity index (χ4v) is 3.89. The summed E-state index contributed by atoms with van der Waals surface area (Å²) in [6, 6.07) is 7.18. The molecule has 4 heteroatoms. The van der Waals surface area contributed by atoms with Gasteiger partial charge in [0, 0.05) is 27.5 Å². The van der Waals surface area contributed by atoms with E-state index in [1.807, 2.05) is 0 Å². The van der Waals surface area contributed by atoms with Crippen LogP contribution in [0.25, 0.3) is 10.6 Å². The molecule has 19 heavy (non-hydrogen) atoms. The molecule has 1 N–H and O–H groups in total. The Balaban J connectivity index is 1.85. The van der Waals surface area contributed by atoms with Crippen LogP contribution < -0.4 is 5.32 Å². The number of hydrogen-bond donors (Lipinski definition) is 1. The highest BCUT2D eigenvalue weighted by Crippen LogP contribution is 2.34. The van der Waals surface area contributed by atoms with Crippen LogP contribution in [0.4, 0.5) is 0 Å². The number of halogens is 1. The molecule has 0 unspecified atom stereocenters. The zero-order valence-corrected chi connectivity index (χ0v) is 13.6. The van der Waals surface area contributed by atoms with Gasteiger partial charge in [-0.3, -0.25) is 0 Å². The third kappa shape index (κ3) is 3.07. The number of hydrogen-bond acceptors (Lipinski definition) is 3. The SMILES string of the molecule is Cc1ccc(-c2nc(C)c(CNC3CC3)s2)c(Br)c1. The minimum absolute atomic E-state index is 0.746. The van der Waals surface area contributed by atoms with Crippen molar-refractivity contribution in [3.63, 3.8) is 0 Å². The van der Waals surface area contributed by atoms with Gasteiger partial charge in [0.1, 0.15) is 5.01 Å². The molecule has 0 radical (unpaired) electrons. The van der Waals surface area contributed by atoms with Crippen LogP contribution in [0, 0.1) is 13.8 Å². The van der Waals surface area contributed by atoms with E-state index in [4.69, 9.17) is 4.98 Å². The van der Waals surface area contributed by atoms with Gasteiger partial charge in [0.15, 0.2) is 0 Å². The average molecular weight is 337 g/mol. The number of thiazole rings is 1. The molecule has 2 aromatic rings. The molecule has 1 aromatic carbocycles. The normalized spacial score (nSPS) is 14.9. The molecular formula is C15H17BrN2S. The minimum atomic E-state index is 0.746. The molecule has 1 fully saturated rings. The van der Waals surface area contributed by atoms with E-state index in [0.717, 1.165) is 27.8 Å². The lowest BCUT2D eigenvalue weighted by molar-refractivity contribution is 0.691. The molecule has 1 aliphatic carbocycles. The van der Waals surface area contributed by atoms with Crippen LogP contribution in [0.2, 0.25) is 0 Å². The summed E-state index contributed by atoms with van der Waals surface area (Å²) in [5.41, 5.74) is 3.61. The number of benzene rings is 1. The Hall–Kier alpha value is -0.710. The van der Waals surface area contributed by atoms with Gasteiger partial charge in [-0.05, 0) is 38.3 Å². The van der Waals surface area contributed by atoms with Crippen molar-refractivity contribution in [3.8, 4) is 10.6 Å². The highest BCUT2D eigenvalue weighted by molar-refractivity contribution is 9.10. The molecule has 0 amide bonds. The molecule has 0 aliphatic heterocycles. The maximum atomic E-state index is 4.72. The molecule has 0 saturated heterocycles. The van der Waals surface area contributed by atoms with Crippen molar-refractivity contribution < 1.29 is 0 Å². The average Bonchev–Trinajstić information content (AvgIpc) is 3.11. The minimum Gasteiger partial charge on any atom is -0.309 e. The van der Waals surface area contributed by atoms with E-state index in [2.05, 4.69) is 53.3 Å². The van der Waals surface area contributed by atoms with E-state index >= 15 is 0 Å². The monoisotopic (exact) mass is 336 g/mol. The first-order valence-electron chi connectivity index (χ1n) is 6.59. The summed E-state index contributed by atoms with van der Waals surface area (Å²) in [5.74, 6) is 0. The van der Waals surface area contributed by atoms with Gasteiger partial charge in [-0.25, -0.2) is 4.98 Å². The summed E-state index contributed by atoms with van der Waals surface area (Å²) in [6.45, 7) is 5.16. The Morgan fingerprint density at radius 2 is 2.16 bits per heavy atom. The maximum absolute atomic E-state index is 4.72. The zero-order chi connectivity index (χ0) is 13.4. The molecule has 100 valence electrons. The Labute approximate surface area is 126 Å². The van der Waals surface area contributed by atoms with E-state index in [1.54, 1.807) is 11.3 Å². The van der Waals surface area contributed by atoms with Crippen LogP contribution in [0.5, 0.6) is 0 Å². The fraction of sp³-hybridized carbons (Fsp3) is 0.400. The summed E-state index contributed by atoms with van der Waals surface area (Å²) in [4.78, 5) is 6.07. The highest BCUT2D eigenvalue weighted by Gasteiger charge is 2.21. The van der Waals surface area contributed by atoms with Gasteiger partial charge in [0.2, 0.25) is 0 Å². The first kappa shape index (κ1) is 13.3. The standard InChI is InChI=1S/C15H17BrN2S/c1-9-3-6-12(13(16)7-9)15-18-10(2)14(19-15)8-17-11-4-5-11/h3,6-7,11,17H,4-5,8H2,1-2H3. The lowest BCUT2D eigenvalue weighted by Gasteiger charge is -2.01. The molecule has 0 atom stereocenters. The quantitative estimate of drug-likeness (QED) is 0.892. The second kappa shape index (κ2) is 5.35. The molecule has 1 aromatic heterocycles. The van der Waals surface area contributed by atoms with Gasteiger partial charge in [-0.2, -0.15) is 0 Å². The molecule has 2 nitrogen and oxygen atoms in total. The molecule has 1 saturated carbocycles. The van der Waals surface area contributed by atoms with Gasteiger partial charge in [-0.15, -0.1) is 11.3 Å². The van der Waals surface area contributed by atoms with E-state index in [1.165, 1.54) is 28.8 Å². The maximum Gasteiger partial charge on any atom is 0.125 e. The Morgan fingerprint density at radius 3 is 2.84 bits per heavy atom. The first-order chi connectivity index (χ1) is 9.13. The predicted octanol–water partition coefficient (Wildman–Crippen LogP) is 4.44. The van der Waals surface area contributed by atoms with Gasteiger partial charge in [-0.1, -0.05) is 28.1 Å². The van der Waals surface area contributed by atoms with Crippen LogP contribution in [0.15, 0.2) is 22.7 Å². The lowest BCUT2D eigenvalue weighted by atomic mass is 10.2. The molecule has 0 spiro atoms. The van der Waals surface area contributed by atoms with Crippen molar-refractivity contribution in [3.05, 3.63) is 38.8 Å². The van der Waals surface area contributed by atoms with E-state index < -0.39 is 0 Å². The molecule has 3 rings (SSSR count). The number of nitrogens with zero attached hydrogens (tertiary/aromatic N) is 1. The number of nitrogens with one attached hydrogen (secondary N) is 1. The van der Waals surface area contributed by atoms with Gasteiger partial charge < -0.3 is 5.32 Å². The zero-order valence-electron chi connectivity index (χ0n) is 11.2. The third-order valence-electron chi connectivity index (χ3n) is 3.38. The van der Waals surface area contributed by atoms with E-state index in [0.29, 0.717) is 0 Å². The van der Waals surface area contributed by atoms with Crippen molar-refractivity contribution in [1.29, 1.82) is 0 Å². The van der Waals surface area contributed by atoms with Crippen molar-refractivity contribution in [2.24, 2.45) is 0 Å². The molecule has 1 aliphatic rings. The Bertz CT molecular complexity index is 602. The van der Waals surface area contributed by atoms with Crippen molar-refractivity contribution in [2.45, 2.75) is 39.3 Å². The van der Waals surface area contributed by atoms with Crippen LogP contribution in [-0.2, 0) is 6.54 Å². The third-order valence-corrected chi connectivity index (χ3v) is 5.22. The Kier molecular flexibility index (Phi) is 3.74. The van der Waals surface area contributed by atoms with Gasteiger partial charge >= 0.3 is 0 Å². The van der Waals surface area contributed by atoms with E-state index in [9.17, 15) is 0 Å². The molecule has 1 heterocycles. The lowest BCUT2D eigenvalue weighted by Crippen LogP contribution is -2.14. The second-order valence-corrected chi connectivity index (χ2v) is 7.10. The van der Waals surface area contributed by atoms with Crippen LogP contribution >= 0.6 is 27.3 Å². The van der Waals surface area contributed by atoms with Crippen LogP contribution in [0.3, 0.4) is 0 Å². The number of aryl methyl sites for hydroxylation is 2. The summed E-state index contributed by atoms with van der Waals surface area (Å²) >= 11 is 5.44. The molecular weight excluding hydrogens is 320 g/mol. The summed E-state index contributed by atoms with van der Waals surface area (Å²) in [7, 11) is 0.